The molecule has 2 aliphatic carbocycles. The van der Waals surface area contributed by atoms with Crippen LogP contribution in [0.25, 0.3) is 11.5 Å². The smallest absolute Gasteiger partial charge is 0.260 e. The van der Waals surface area contributed by atoms with Crippen LogP contribution >= 0.6 is 0 Å². The fourth-order valence-corrected chi connectivity index (χ4v) is 4.82. The Morgan fingerprint density at radius 3 is 2.76 bits per heavy atom. The minimum Gasteiger partial charge on any atom is -0.323 e. The summed E-state index contributed by atoms with van der Waals surface area (Å²) in [4.78, 5) is 25.1. The van der Waals surface area contributed by atoms with Gasteiger partial charge in [0.25, 0.3) is 5.91 Å². The molecule has 3 aromatic rings. The van der Waals surface area contributed by atoms with Crippen molar-refractivity contribution in [2.45, 2.75) is 76.4 Å². The van der Waals surface area contributed by atoms with Gasteiger partial charge in [0.1, 0.15) is 17.8 Å². The Morgan fingerprint density at radius 2 is 2.06 bits per heavy atom. The number of aromatic nitrogens is 5. The average Bonchev–Trinajstić information content (AvgIpc) is 3.22. The summed E-state index contributed by atoms with van der Waals surface area (Å²) >= 11 is 0. The maximum atomic E-state index is 13.6. The summed E-state index contributed by atoms with van der Waals surface area (Å²) in [5, 5.41) is 8.46. The summed E-state index contributed by atoms with van der Waals surface area (Å²) in [6.07, 6.45) is 8.27. The van der Waals surface area contributed by atoms with Gasteiger partial charge in [-0.05, 0) is 56.7 Å². The molecule has 0 saturated heterocycles. The van der Waals surface area contributed by atoms with E-state index in [0.29, 0.717) is 18.4 Å². The highest BCUT2D eigenvalue weighted by atomic mass is 16.2. The standard InChI is InChI=1S/C25H29N7O/c1-3-18(26)22-17-13-31(24(33)16(17)12-20(29-22)25(2)10-11-25)21-9-5-8-19(28-21)23-30-27-14-32(23)15-6-4-7-15/h5,8-9,12,14-15,18H,3-4,6-7,10-11,13,26H2,1-2H3/t18-/m1/s1. The van der Waals surface area contributed by atoms with Crippen LogP contribution in [0.1, 0.15) is 91.8 Å². The molecule has 33 heavy (non-hydrogen) atoms. The second-order valence-electron chi connectivity index (χ2n) is 9.91. The number of hydrogen-bond acceptors (Lipinski definition) is 6. The summed E-state index contributed by atoms with van der Waals surface area (Å²) in [6, 6.07) is 7.99. The summed E-state index contributed by atoms with van der Waals surface area (Å²) in [5.74, 6) is 1.34. The van der Waals surface area contributed by atoms with Gasteiger partial charge in [-0.3, -0.25) is 14.7 Å². The normalized spacial score (nSPS) is 20.0. The number of pyridine rings is 2. The summed E-state index contributed by atoms with van der Waals surface area (Å²) in [5.41, 5.74) is 10.8. The van der Waals surface area contributed by atoms with E-state index >= 15 is 0 Å². The molecule has 0 bridgehead atoms. The van der Waals surface area contributed by atoms with Crippen molar-refractivity contribution in [2.24, 2.45) is 5.73 Å². The van der Waals surface area contributed by atoms with Gasteiger partial charge in [-0.15, -0.1) is 10.2 Å². The first kappa shape index (κ1) is 20.5. The number of hydrogen-bond donors (Lipinski definition) is 1. The lowest BCUT2D eigenvalue weighted by atomic mass is 9.93. The quantitative estimate of drug-likeness (QED) is 0.616. The Kier molecular flexibility index (Phi) is 4.62. The van der Waals surface area contributed by atoms with Gasteiger partial charge >= 0.3 is 0 Å². The molecule has 1 aliphatic heterocycles. The molecule has 3 aliphatic rings. The topological polar surface area (TPSA) is 103 Å². The molecule has 0 aromatic carbocycles. The molecule has 1 amide bonds. The maximum Gasteiger partial charge on any atom is 0.260 e. The van der Waals surface area contributed by atoms with Crippen molar-refractivity contribution in [3.8, 4) is 11.5 Å². The van der Waals surface area contributed by atoms with Gasteiger partial charge in [0.05, 0.1) is 12.2 Å². The summed E-state index contributed by atoms with van der Waals surface area (Å²) in [6.45, 7) is 4.71. The van der Waals surface area contributed by atoms with Crippen molar-refractivity contribution in [2.75, 3.05) is 4.90 Å². The van der Waals surface area contributed by atoms with Crippen LogP contribution < -0.4 is 10.6 Å². The Hall–Kier alpha value is -3.13. The van der Waals surface area contributed by atoms with E-state index in [4.69, 9.17) is 15.7 Å². The lowest BCUT2D eigenvalue weighted by Crippen LogP contribution is -2.24. The van der Waals surface area contributed by atoms with E-state index < -0.39 is 0 Å². The highest BCUT2D eigenvalue weighted by Crippen LogP contribution is 2.48. The lowest BCUT2D eigenvalue weighted by molar-refractivity contribution is 0.0996. The molecule has 8 nitrogen and oxygen atoms in total. The van der Waals surface area contributed by atoms with Crippen molar-refractivity contribution < 1.29 is 4.79 Å². The molecule has 0 spiro atoms. The average molecular weight is 444 g/mol. The third-order valence-electron chi connectivity index (χ3n) is 7.64. The number of carbonyl (C=O) groups excluding carboxylic acids is 1. The van der Waals surface area contributed by atoms with Crippen LogP contribution in [0.5, 0.6) is 0 Å². The first-order chi connectivity index (χ1) is 16.0. The van der Waals surface area contributed by atoms with E-state index in [1.165, 1.54) is 6.42 Å². The Labute approximate surface area is 193 Å². The predicted molar refractivity (Wildman–Crippen MR) is 125 cm³/mol. The van der Waals surface area contributed by atoms with Crippen molar-refractivity contribution in [1.29, 1.82) is 0 Å². The monoisotopic (exact) mass is 443 g/mol. The van der Waals surface area contributed by atoms with Crippen LogP contribution in [0.2, 0.25) is 0 Å². The number of amides is 1. The van der Waals surface area contributed by atoms with Crippen LogP contribution in [0.3, 0.4) is 0 Å². The van der Waals surface area contributed by atoms with E-state index in [-0.39, 0.29) is 17.4 Å². The van der Waals surface area contributed by atoms with Crippen molar-refractivity contribution in [1.82, 2.24) is 24.7 Å². The first-order valence-corrected chi connectivity index (χ1v) is 12.0. The van der Waals surface area contributed by atoms with Crippen molar-refractivity contribution in [3.63, 3.8) is 0 Å². The second kappa shape index (κ2) is 7.45. The molecule has 4 heterocycles. The fourth-order valence-electron chi connectivity index (χ4n) is 4.82. The number of carbonyl (C=O) groups is 1. The first-order valence-electron chi connectivity index (χ1n) is 12.0. The van der Waals surface area contributed by atoms with Crippen LogP contribution in [0.15, 0.2) is 30.6 Å². The van der Waals surface area contributed by atoms with Gasteiger partial charge in [0, 0.05) is 34.3 Å². The van der Waals surface area contributed by atoms with Gasteiger partial charge in [0.15, 0.2) is 5.82 Å². The molecule has 2 saturated carbocycles. The van der Waals surface area contributed by atoms with E-state index in [0.717, 1.165) is 66.1 Å². The molecule has 1 atom stereocenters. The Bertz CT molecular complexity index is 1240. The molecular weight excluding hydrogens is 414 g/mol. The van der Waals surface area contributed by atoms with Crippen LogP contribution in [0.4, 0.5) is 5.82 Å². The van der Waals surface area contributed by atoms with E-state index in [1.807, 2.05) is 24.3 Å². The fraction of sp³-hybridized carbons (Fsp3) is 0.480. The lowest BCUT2D eigenvalue weighted by Gasteiger charge is -2.27. The van der Waals surface area contributed by atoms with Crippen molar-refractivity contribution in [3.05, 3.63) is 53.1 Å². The zero-order chi connectivity index (χ0) is 22.7. The third kappa shape index (κ3) is 3.27. The van der Waals surface area contributed by atoms with Crippen LogP contribution in [-0.2, 0) is 12.0 Å². The molecule has 3 aromatic heterocycles. The second-order valence-corrected chi connectivity index (χ2v) is 9.91. The molecule has 2 fully saturated rings. The summed E-state index contributed by atoms with van der Waals surface area (Å²) < 4.78 is 2.11. The molecule has 8 heteroatoms. The number of anilines is 1. The van der Waals surface area contributed by atoms with Gasteiger partial charge in [-0.1, -0.05) is 19.9 Å². The van der Waals surface area contributed by atoms with E-state index in [9.17, 15) is 4.79 Å². The van der Waals surface area contributed by atoms with Crippen molar-refractivity contribution >= 4 is 11.7 Å². The zero-order valence-corrected chi connectivity index (χ0v) is 19.2. The highest BCUT2D eigenvalue weighted by Gasteiger charge is 2.43. The Balaban J connectivity index is 1.37. The Morgan fingerprint density at radius 1 is 1.24 bits per heavy atom. The largest absolute Gasteiger partial charge is 0.323 e. The molecule has 6 rings (SSSR count). The third-order valence-corrected chi connectivity index (χ3v) is 7.64. The molecule has 0 radical (unpaired) electrons. The molecule has 0 unspecified atom stereocenters. The predicted octanol–water partition coefficient (Wildman–Crippen LogP) is 4.08. The molecular formula is C25H29N7O. The SMILES string of the molecule is CC[C@@H](N)c1nc(C2(C)CC2)cc2c1CN(c1cccc(-c3nncn3C3CCC3)n1)C2=O. The van der Waals surface area contributed by atoms with Gasteiger partial charge in [-0.25, -0.2) is 4.98 Å². The van der Waals surface area contributed by atoms with Crippen LogP contribution in [0, 0.1) is 0 Å². The number of nitrogens with zero attached hydrogens (tertiary/aromatic N) is 6. The number of nitrogens with two attached hydrogens (primary N) is 1. The van der Waals surface area contributed by atoms with Crippen LogP contribution in [-0.4, -0.2) is 30.6 Å². The highest BCUT2D eigenvalue weighted by molar-refractivity contribution is 6.10. The number of rotatable bonds is 6. The summed E-state index contributed by atoms with van der Waals surface area (Å²) in [7, 11) is 0. The van der Waals surface area contributed by atoms with Gasteiger partial charge in [0.2, 0.25) is 0 Å². The molecule has 170 valence electrons. The van der Waals surface area contributed by atoms with Gasteiger partial charge < -0.3 is 10.3 Å². The number of fused-ring (bicyclic) bond motifs is 1. The van der Waals surface area contributed by atoms with Gasteiger partial charge in [-0.2, -0.15) is 0 Å². The van der Waals surface area contributed by atoms with E-state index in [2.05, 4.69) is 28.6 Å². The zero-order valence-electron chi connectivity index (χ0n) is 19.2. The maximum absolute atomic E-state index is 13.6. The minimum atomic E-state index is -0.186. The minimum absolute atomic E-state index is 0.0347. The molecule has 2 N–H and O–H groups in total. The van der Waals surface area contributed by atoms with E-state index in [1.54, 1.807) is 11.2 Å².